The molecular weight excluding hydrogens is 406 g/mol. The van der Waals surface area contributed by atoms with Gasteiger partial charge in [0.25, 0.3) is 5.91 Å². The van der Waals surface area contributed by atoms with Crippen LogP contribution in [0.1, 0.15) is 27.2 Å². The van der Waals surface area contributed by atoms with E-state index in [2.05, 4.69) is 22.9 Å². The van der Waals surface area contributed by atoms with Crippen molar-refractivity contribution in [3.63, 3.8) is 0 Å². The van der Waals surface area contributed by atoms with E-state index in [1.165, 1.54) is 5.56 Å². The van der Waals surface area contributed by atoms with Crippen molar-refractivity contribution in [2.24, 2.45) is 0 Å². The van der Waals surface area contributed by atoms with Gasteiger partial charge in [-0.15, -0.1) is 0 Å². The quantitative estimate of drug-likeness (QED) is 0.636. The van der Waals surface area contributed by atoms with Crippen LogP contribution in [0.5, 0.6) is 17.2 Å². The Morgan fingerprint density at radius 1 is 0.938 bits per heavy atom. The number of aromatic nitrogens is 1. The summed E-state index contributed by atoms with van der Waals surface area (Å²) in [6.07, 6.45) is 0. The molecule has 32 heavy (non-hydrogen) atoms. The van der Waals surface area contributed by atoms with Crippen molar-refractivity contribution in [3.05, 3.63) is 52.7 Å². The van der Waals surface area contributed by atoms with Crippen LogP contribution >= 0.6 is 0 Å². The largest absolute Gasteiger partial charge is 0.493 e. The third kappa shape index (κ3) is 3.88. The summed E-state index contributed by atoms with van der Waals surface area (Å²) < 4.78 is 16.5. The fraction of sp³-hybridized carbons (Fsp3) is 0.400. The number of nitrogens with one attached hydrogen (secondary N) is 1. The van der Waals surface area contributed by atoms with Crippen molar-refractivity contribution >= 4 is 16.8 Å². The van der Waals surface area contributed by atoms with Gasteiger partial charge in [0.1, 0.15) is 0 Å². The van der Waals surface area contributed by atoms with Gasteiger partial charge in [-0.05, 0) is 31.5 Å². The smallest absolute Gasteiger partial charge is 0.256 e. The normalized spacial score (nSPS) is 14.6. The topological polar surface area (TPSA) is 67.0 Å². The van der Waals surface area contributed by atoms with Crippen LogP contribution in [0.15, 0.2) is 30.3 Å². The van der Waals surface area contributed by atoms with E-state index in [0.29, 0.717) is 30.3 Å². The van der Waals surface area contributed by atoms with E-state index in [9.17, 15) is 4.79 Å². The van der Waals surface area contributed by atoms with Gasteiger partial charge in [-0.1, -0.05) is 18.2 Å². The number of rotatable bonds is 6. The molecule has 0 radical (unpaired) electrons. The van der Waals surface area contributed by atoms with Crippen LogP contribution in [0.3, 0.4) is 0 Å². The second-order valence-corrected chi connectivity index (χ2v) is 8.16. The fourth-order valence-electron chi connectivity index (χ4n) is 4.47. The number of hydrogen-bond acceptors (Lipinski definition) is 5. The number of piperazine rings is 1. The summed E-state index contributed by atoms with van der Waals surface area (Å²) in [4.78, 5) is 21.0. The molecule has 0 aliphatic carbocycles. The first kappa shape index (κ1) is 22.0. The molecule has 0 unspecified atom stereocenters. The van der Waals surface area contributed by atoms with Gasteiger partial charge >= 0.3 is 0 Å². The molecule has 1 aromatic heterocycles. The maximum atomic E-state index is 13.3. The average molecular weight is 438 g/mol. The van der Waals surface area contributed by atoms with E-state index in [1.807, 2.05) is 36.1 Å². The number of fused-ring (bicyclic) bond motifs is 1. The number of ether oxygens (including phenoxy) is 3. The predicted molar refractivity (Wildman–Crippen MR) is 125 cm³/mol. The minimum atomic E-state index is 0.0835. The first-order valence-corrected chi connectivity index (χ1v) is 10.9. The zero-order valence-electron chi connectivity index (χ0n) is 19.4. The highest BCUT2D eigenvalue weighted by molar-refractivity contribution is 6.06. The van der Waals surface area contributed by atoms with E-state index < -0.39 is 0 Å². The predicted octanol–water partition coefficient (Wildman–Crippen LogP) is 3.77. The van der Waals surface area contributed by atoms with Crippen LogP contribution in [-0.2, 0) is 6.54 Å². The van der Waals surface area contributed by atoms with Gasteiger partial charge in [0.15, 0.2) is 11.5 Å². The van der Waals surface area contributed by atoms with Crippen LogP contribution in [0, 0.1) is 13.8 Å². The lowest BCUT2D eigenvalue weighted by molar-refractivity contribution is 0.0629. The second kappa shape index (κ2) is 9.12. The number of benzene rings is 2. The molecule has 7 heteroatoms. The molecule has 170 valence electrons. The molecule has 2 aromatic carbocycles. The highest BCUT2D eigenvalue weighted by atomic mass is 16.5. The van der Waals surface area contributed by atoms with Gasteiger partial charge in [-0.2, -0.15) is 0 Å². The molecule has 0 atom stereocenters. The number of aryl methyl sites for hydroxylation is 2. The number of carbonyl (C=O) groups is 1. The Labute approximate surface area is 188 Å². The minimum absolute atomic E-state index is 0.0835. The SMILES string of the molecule is COc1ccc(CN2CCN(C(=O)c3cccc4c(C)c(C)[nH]c34)CC2)c(OC)c1OC. The molecule has 4 rings (SSSR count). The number of aromatic amines is 1. The number of nitrogens with zero attached hydrogens (tertiary/aromatic N) is 2. The van der Waals surface area contributed by atoms with Crippen molar-refractivity contribution in [2.75, 3.05) is 47.5 Å². The third-order valence-corrected chi connectivity index (χ3v) is 6.41. The maximum Gasteiger partial charge on any atom is 0.256 e. The van der Waals surface area contributed by atoms with Gasteiger partial charge in [-0.25, -0.2) is 0 Å². The van der Waals surface area contributed by atoms with Gasteiger partial charge in [-0.3, -0.25) is 9.69 Å². The summed E-state index contributed by atoms with van der Waals surface area (Å²) in [6, 6.07) is 9.86. The number of hydrogen-bond donors (Lipinski definition) is 1. The number of amides is 1. The fourth-order valence-corrected chi connectivity index (χ4v) is 4.47. The summed E-state index contributed by atoms with van der Waals surface area (Å²) in [5.41, 5.74) is 5.02. The highest BCUT2D eigenvalue weighted by Gasteiger charge is 2.25. The first-order valence-electron chi connectivity index (χ1n) is 10.9. The van der Waals surface area contributed by atoms with Gasteiger partial charge in [0.05, 0.1) is 32.4 Å². The molecule has 1 N–H and O–H groups in total. The van der Waals surface area contributed by atoms with Crippen LogP contribution in [-0.4, -0.2) is 68.2 Å². The maximum absolute atomic E-state index is 13.3. The molecule has 0 bridgehead atoms. The highest BCUT2D eigenvalue weighted by Crippen LogP contribution is 2.40. The Hall–Kier alpha value is -3.19. The van der Waals surface area contributed by atoms with E-state index in [1.54, 1.807) is 21.3 Å². The second-order valence-electron chi connectivity index (χ2n) is 8.16. The van der Waals surface area contributed by atoms with Crippen LogP contribution in [0.2, 0.25) is 0 Å². The Morgan fingerprint density at radius 2 is 1.66 bits per heavy atom. The summed E-state index contributed by atoms with van der Waals surface area (Å²) >= 11 is 0. The van der Waals surface area contributed by atoms with Crippen LogP contribution in [0.25, 0.3) is 10.9 Å². The lowest BCUT2D eigenvalue weighted by atomic mass is 10.1. The van der Waals surface area contributed by atoms with E-state index in [-0.39, 0.29) is 5.91 Å². The van der Waals surface area contributed by atoms with Crippen molar-refractivity contribution < 1.29 is 19.0 Å². The van der Waals surface area contributed by atoms with E-state index >= 15 is 0 Å². The molecule has 7 nitrogen and oxygen atoms in total. The molecule has 0 saturated carbocycles. The third-order valence-electron chi connectivity index (χ3n) is 6.41. The van der Waals surface area contributed by atoms with Crippen molar-refractivity contribution in [1.82, 2.24) is 14.8 Å². The summed E-state index contributed by atoms with van der Waals surface area (Å²) in [5.74, 6) is 2.02. The molecule has 2 heterocycles. The zero-order chi connectivity index (χ0) is 22.8. The van der Waals surface area contributed by atoms with Crippen LogP contribution < -0.4 is 14.2 Å². The monoisotopic (exact) mass is 437 g/mol. The van der Waals surface area contributed by atoms with Gasteiger partial charge in [0, 0.05) is 49.4 Å². The summed E-state index contributed by atoms with van der Waals surface area (Å²) in [6.45, 7) is 7.81. The summed E-state index contributed by atoms with van der Waals surface area (Å²) in [5, 5.41) is 1.12. The summed E-state index contributed by atoms with van der Waals surface area (Å²) in [7, 11) is 4.87. The lowest BCUT2D eigenvalue weighted by Crippen LogP contribution is -2.48. The molecule has 1 fully saturated rings. The molecule has 1 aliphatic heterocycles. The Kier molecular flexibility index (Phi) is 6.28. The number of para-hydroxylation sites is 1. The van der Waals surface area contributed by atoms with Gasteiger partial charge < -0.3 is 24.1 Å². The first-order chi connectivity index (χ1) is 15.5. The minimum Gasteiger partial charge on any atom is -0.493 e. The lowest BCUT2D eigenvalue weighted by Gasteiger charge is -2.35. The van der Waals surface area contributed by atoms with Crippen molar-refractivity contribution in [2.45, 2.75) is 20.4 Å². The van der Waals surface area contributed by atoms with Crippen LogP contribution in [0.4, 0.5) is 0 Å². The molecule has 1 aliphatic rings. The molecule has 1 amide bonds. The van der Waals surface area contributed by atoms with Crippen molar-refractivity contribution in [1.29, 1.82) is 0 Å². The zero-order valence-corrected chi connectivity index (χ0v) is 19.4. The molecular formula is C25H31N3O4. The Bertz CT molecular complexity index is 1130. The Morgan fingerprint density at radius 3 is 2.31 bits per heavy atom. The standard InChI is InChI=1S/C25H31N3O4/c1-16-17(2)26-22-19(16)7-6-8-20(22)25(29)28-13-11-27(12-14-28)15-18-9-10-21(30-3)24(32-5)23(18)31-4/h6-10,26H,11-15H2,1-5H3. The van der Waals surface area contributed by atoms with Gasteiger partial charge in [0.2, 0.25) is 5.75 Å². The molecule has 0 spiro atoms. The van der Waals surface area contributed by atoms with E-state index in [4.69, 9.17) is 14.2 Å². The number of H-pyrrole nitrogens is 1. The van der Waals surface area contributed by atoms with Crippen molar-refractivity contribution in [3.8, 4) is 17.2 Å². The van der Waals surface area contributed by atoms with E-state index in [0.717, 1.165) is 47.4 Å². The molecule has 3 aromatic rings. The Balaban J connectivity index is 1.46. The average Bonchev–Trinajstić information content (AvgIpc) is 3.12. The number of carbonyl (C=O) groups excluding carboxylic acids is 1. The number of methoxy groups -OCH3 is 3. The molecule has 1 saturated heterocycles.